The van der Waals surface area contributed by atoms with E-state index < -0.39 is 30.2 Å². The molecule has 0 radical (unpaired) electrons. The Morgan fingerprint density at radius 3 is 2.63 bits per heavy atom. The molecule has 19 heavy (non-hydrogen) atoms. The predicted octanol–water partition coefficient (Wildman–Crippen LogP) is 0.220. The van der Waals surface area contributed by atoms with Crippen LogP contribution in [-0.2, 0) is 16.1 Å². The van der Waals surface area contributed by atoms with Gasteiger partial charge in [-0.25, -0.2) is 4.79 Å². The zero-order valence-electron chi connectivity index (χ0n) is 10.2. The monoisotopic (exact) mass is 287 g/mol. The molecule has 0 aromatic carbocycles. The number of aromatic nitrogens is 1. The number of nitrogens with one attached hydrogen (secondary N) is 1. The number of carboxylic acid groups (broad SMARTS) is 1. The molecule has 0 aliphatic carbocycles. The molecule has 0 aliphatic rings. The first kappa shape index (κ1) is 15.0. The highest BCUT2D eigenvalue weighted by Crippen LogP contribution is 2.14. The van der Waals surface area contributed by atoms with Gasteiger partial charge >= 0.3 is 5.97 Å². The van der Waals surface area contributed by atoms with Gasteiger partial charge in [-0.1, -0.05) is 11.6 Å². The number of hydrogen-bond acceptors (Lipinski definition) is 3. The average Bonchev–Trinajstić information content (AvgIpc) is 2.68. The van der Waals surface area contributed by atoms with Gasteiger partial charge in [0.2, 0.25) is 5.91 Å². The number of rotatable bonds is 6. The molecule has 1 aromatic rings. The number of hydrogen-bond donors (Lipinski definition) is 3. The van der Waals surface area contributed by atoms with Crippen molar-refractivity contribution in [2.24, 2.45) is 5.73 Å². The third kappa shape index (κ3) is 3.99. The van der Waals surface area contributed by atoms with Crippen LogP contribution in [0.1, 0.15) is 23.8 Å². The fourth-order valence-electron chi connectivity index (χ4n) is 1.56. The lowest BCUT2D eigenvalue weighted by Crippen LogP contribution is -2.43. The molecular formula is C11H14ClN3O4. The van der Waals surface area contributed by atoms with E-state index in [0.29, 0.717) is 11.6 Å². The molecule has 1 heterocycles. The number of aliphatic carboxylic acids is 1. The van der Waals surface area contributed by atoms with Crippen molar-refractivity contribution in [2.75, 3.05) is 0 Å². The molecule has 0 spiro atoms. The first-order valence-corrected chi connectivity index (χ1v) is 5.90. The minimum absolute atomic E-state index is 0.225. The lowest BCUT2D eigenvalue weighted by Gasteiger charge is -2.13. The Morgan fingerprint density at radius 1 is 1.53 bits per heavy atom. The smallest absolute Gasteiger partial charge is 0.326 e. The van der Waals surface area contributed by atoms with Crippen LogP contribution in [0.4, 0.5) is 0 Å². The van der Waals surface area contributed by atoms with Crippen molar-refractivity contribution < 1.29 is 19.5 Å². The van der Waals surface area contributed by atoms with E-state index in [-0.39, 0.29) is 5.69 Å². The molecule has 0 saturated heterocycles. The summed E-state index contributed by atoms with van der Waals surface area (Å²) in [6.07, 6.45) is 1.09. The van der Waals surface area contributed by atoms with Gasteiger partial charge < -0.3 is 20.7 Å². The number of carbonyl (C=O) groups is 3. The van der Waals surface area contributed by atoms with Gasteiger partial charge in [0, 0.05) is 12.7 Å². The van der Waals surface area contributed by atoms with Gasteiger partial charge in [0.25, 0.3) is 5.91 Å². The number of nitrogens with zero attached hydrogens (tertiary/aromatic N) is 1. The largest absolute Gasteiger partial charge is 0.480 e. The molecule has 8 heteroatoms. The molecule has 2 amide bonds. The average molecular weight is 288 g/mol. The summed E-state index contributed by atoms with van der Waals surface area (Å²) in [5.74, 6) is -2.76. The normalized spacial score (nSPS) is 11.9. The lowest BCUT2D eigenvalue weighted by molar-refractivity contribution is -0.140. The van der Waals surface area contributed by atoms with Crippen LogP contribution in [0.5, 0.6) is 0 Å². The quantitative estimate of drug-likeness (QED) is 0.694. The summed E-state index contributed by atoms with van der Waals surface area (Å²) in [7, 11) is 0. The second-order valence-electron chi connectivity index (χ2n) is 3.86. The summed E-state index contributed by atoms with van der Waals surface area (Å²) in [6, 6.07) is 0.0628. The van der Waals surface area contributed by atoms with Gasteiger partial charge in [0.15, 0.2) is 0 Å². The molecular weight excluding hydrogens is 274 g/mol. The molecule has 1 rings (SSSR count). The molecule has 0 saturated carbocycles. The van der Waals surface area contributed by atoms with E-state index in [1.165, 1.54) is 6.07 Å². The van der Waals surface area contributed by atoms with Gasteiger partial charge in [0.05, 0.1) is 11.4 Å². The Kier molecular flexibility index (Phi) is 4.94. The van der Waals surface area contributed by atoms with Crippen molar-refractivity contribution in [3.05, 3.63) is 23.0 Å². The van der Waals surface area contributed by atoms with Gasteiger partial charge in [0.1, 0.15) is 11.7 Å². The summed E-state index contributed by atoms with van der Waals surface area (Å²) in [6.45, 7) is 2.31. The van der Waals surface area contributed by atoms with Crippen LogP contribution in [0.2, 0.25) is 5.02 Å². The Labute approximate surface area is 114 Å². The third-order valence-corrected chi connectivity index (χ3v) is 2.65. The molecule has 4 N–H and O–H groups in total. The van der Waals surface area contributed by atoms with Crippen LogP contribution >= 0.6 is 11.6 Å². The van der Waals surface area contributed by atoms with E-state index in [1.807, 2.05) is 6.92 Å². The summed E-state index contributed by atoms with van der Waals surface area (Å²) >= 11 is 5.78. The van der Waals surface area contributed by atoms with Crippen molar-refractivity contribution in [3.63, 3.8) is 0 Å². The van der Waals surface area contributed by atoms with Crippen LogP contribution in [0.25, 0.3) is 0 Å². The molecule has 0 bridgehead atoms. The van der Waals surface area contributed by atoms with E-state index in [9.17, 15) is 14.4 Å². The molecule has 7 nitrogen and oxygen atoms in total. The first-order chi connectivity index (χ1) is 8.85. The third-order valence-electron chi connectivity index (χ3n) is 2.45. The maximum absolute atomic E-state index is 11.9. The molecule has 0 aliphatic heterocycles. The van der Waals surface area contributed by atoms with Gasteiger partial charge in [-0.15, -0.1) is 0 Å². The molecule has 1 aromatic heterocycles. The number of nitrogens with two attached hydrogens (primary N) is 1. The lowest BCUT2D eigenvalue weighted by atomic mass is 10.2. The summed E-state index contributed by atoms with van der Waals surface area (Å²) in [4.78, 5) is 33.6. The molecule has 0 fully saturated rings. The van der Waals surface area contributed by atoms with Crippen molar-refractivity contribution in [1.82, 2.24) is 9.88 Å². The highest BCUT2D eigenvalue weighted by Gasteiger charge is 2.24. The Balaban J connectivity index is 2.87. The second kappa shape index (κ2) is 6.24. The van der Waals surface area contributed by atoms with Crippen LogP contribution in [0.3, 0.4) is 0 Å². The number of aryl methyl sites for hydroxylation is 1. The number of halogens is 1. The van der Waals surface area contributed by atoms with Crippen molar-refractivity contribution in [1.29, 1.82) is 0 Å². The predicted molar refractivity (Wildman–Crippen MR) is 67.8 cm³/mol. The van der Waals surface area contributed by atoms with Gasteiger partial charge in [-0.3, -0.25) is 9.59 Å². The minimum atomic E-state index is -1.36. The van der Waals surface area contributed by atoms with E-state index >= 15 is 0 Å². The number of carboxylic acids is 1. The second-order valence-corrected chi connectivity index (χ2v) is 4.30. The Morgan fingerprint density at radius 2 is 2.16 bits per heavy atom. The van der Waals surface area contributed by atoms with E-state index in [1.54, 1.807) is 10.8 Å². The molecule has 1 atom stereocenters. The van der Waals surface area contributed by atoms with Crippen LogP contribution in [0.15, 0.2) is 12.3 Å². The van der Waals surface area contributed by atoms with Crippen LogP contribution in [0, 0.1) is 0 Å². The van der Waals surface area contributed by atoms with Crippen molar-refractivity contribution in [2.45, 2.75) is 25.9 Å². The highest BCUT2D eigenvalue weighted by atomic mass is 35.5. The molecule has 0 unspecified atom stereocenters. The fourth-order valence-corrected chi connectivity index (χ4v) is 1.78. The topological polar surface area (TPSA) is 114 Å². The maximum Gasteiger partial charge on any atom is 0.326 e. The maximum atomic E-state index is 11.9. The van der Waals surface area contributed by atoms with E-state index in [0.717, 1.165) is 0 Å². The summed E-state index contributed by atoms with van der Waals surface area (Å²) < 4.78 is 1.57. The van der Waals surface area contributed by atoms with E-state index in [2.05, 4.69) is 5.32 Å². The van der Waals surface area contributed by atoms with E-state index in [4.69, 9.17) is 22.4 Å². The zero-order chi connectivity index (χ0) is 14.6. The van der Waals surface area contributed by atoms with Gasteiger partial charge in [-0.2, -0.15) is 0 Å². The standard InChI is InChI=1S/C11H14ClN3O4/c1-2-15-5-6(12)3-8(15)10(17)14-7(11(18)19)4-9(13)16/h3,5,7H,2,4H2,1H3,(H2,13,16)(H,14,17)(H,18,19)/t7-/m1/s1. The van der Waals surface area contributed by atoms with Crippen molar-refractivity contribution in [3.8, 4) is 0 Å². The molecule has 104 valence electrons. The zero-order valence-corrected chi connectivity index (χ0v) is 11.0. The number of carbonyl (C=O) groups excluding carboxylic acids is 2. The highest BCUT2D eigenvalue weighted by molar-refractivity contribution is 6.31. The number of primary amides is 1. The minimum Gasteiger partial charge on any atom is -0.480 e. The summed E-state index contributed by atoms with van der Waals surface area (Å²) in [5.41, 5.74) is 5.15. The van der Waals surface area contributed by atoms with Crippen LogP contribution in [-0.4, -0.2) is 33.5 Å². The Hall–Kier alpha value is -2.02. The Bertz CT molecular complexity index is 512. The first-order valence-electron chi connectivity index (χ1n) is 5.52. The van der Waals surface area contributed by atoms with Crippen molar-refractivity contribution >= 4 is 29.4 Å². The van der Waals surface area contributed by atoms with Crippen LogP contribution < -0.4 is 11.1 Å². The number of amides is 2. The van der Waals surface area contributed by atoms with Gasteiger partial charge in [-0.05, 0) is 13.0 Å². The summed E-state index contributed by atoms with van der Waals surface area (Å²) in [5, 5.41) is 11.5. The fraction of sp³-hybridized carbons (Fsp3) is 0.364. The SMILES string of the molecule is CCn1cc(Cl)cc1C(=O)N[C@H](CC(N)=O)C(=O)O.